The number of ether oxygens (including phenoxy) is 1. The van der Waals surface area contributed by atoms with Gasteiger partial charge >= 0.3 is 5.97 Å². The van der Waals surface area contributed by atoms with Crippen LogP contribution >= 0.6 is 0 Å². The predicted molar refractivity (Wildman–Crippen MR) is 42.1 cm³/mol. The van der Waals surface area contributed by atoms with E-state index in [1.165, 1.54) is 6.08 Å². The summed E-state index contributed by atoms with van der Waals surface area (Å²) in [4.78, 5) is 10.6. The summed E-state index contributed by atoms with van der Waals surface area (Å²) in [7, 11) is 0. The third kappa shape index (κ3) is 7.06. The van der Waals surface area contributed by atoms with E-state index in [0.717, 1.165) is 6.42 Å². The maximum atomic E-state index is 10.6. The summed E-state index contributed by atoms with van der Waals surface area (Å²) in [5.74, 6) is -0.314. The molecule has 0 radical (unpaired) electrons. The van der Waals surface area contributed by atoms with E-state index in [1.807, 2.05) is 0 Å². The molecule has 1 N–H and O–H groups in total. The first kappa shape index (κ1) is 10.2. The van der Waals surface area contributed by atoms with Crippen molar-refractivity contribution in [2.24, 2.45) is 0 Å². The number of aliphatic hydroxyl groups excluding tert-OH is 1. The molecule has 0 spiro atoms. The summed E-state index contributed by atoms with van der Waals surface area (Å²) < 4.78 is 4.63. The van der Waals surface area contributed by atoms with E-state index in [1.54, 1.807) is 13.0 Å². The second-order valence-electron chi connectivity index (χ2n) is 2.02. The van der Waals surface area contributed by atoms with Crippen molar-refractivity contribution in [2.75, 3.05) is 13.2 Å². The van der Waals surface area contributed by atoms with Crippen LogP contribution in [0.4, 0.5) is 0 Å². The van der Waals surface area contributed by atoms with Crippen LogP contribution in [-0.2, 0) is 9.53 Å². The smallest absolute Gasteiger partial charge is 0.330 e. The molecule has 3 nitrogen and oxygen atoms in total. The average Bonchev–Trinajstić information content (AvgIpc) is 1.99. The molecule has 0 saturated heterocycles. The normalized spacial score (nSPS) is 10.4. The fourth-order valence-electron chi connectivity index (χ4n) is 0.579. The highest BCUT2D eigenvalue weighted by atomic mass is 16.5. The number of rotatable bonds is 5. The molecule has 0 unspecified atom stereocenters. The highest BCUT2D eigenvalue weighted by Crippen LogP contribution is 1.90. The van der Waals surface area contributed by atoms with Crippen LogP contribution in [0.15, 0.2) is 12.2 Å². The third-order valence-corrected chi connectivity index (χ3v) is 1.07. The fourth-order valence-corrected chi connectivity index (χ4v) is 0.579. The molecule has 0 rings (SSSR count). The molecule has 0 bridgehead atoms. The van der Waals surface area contributed by atoms with Gasteiger partial charge in [0.25, 0.3) is 0 Å². The Labute approximate surface area is 66.7 Å². The summed E-state index contributed by atoms with van der Waals surface area (Å²) in [5, 5.41) is 8.38. The van der Waals surface area contributed by atoms with Gasteiger partial charge in [0.2, 0.25) is 0 Å². The first-order valence-electron chi connectivity index (χ1n) is 3.75. The molecule has 11 heavy (non-hydrogen) atoms. The Hall–Kier alpha value is -0.830. The SMILES string of the molecule is CCOC(=O)C=CCCCO. The second-order valence-corrected chi connectivity index (χ2v) is 2.02. The molecule has 64 valence electrons. The highest BCUT2D eigenvalue weighted by molar-refractivity contribution is 5.81. The topological polar surface area (TPSA) is 46.5 Å². The summed E-state index contributed by atoms with van der Waals surface area (Å²) in [5.41, 5.74) is 0. The van der Waals surface area contributed by atoms with Crippen LogP contribution in [-0.4, -0.2) is 24.3 Å². The lowest BCUT2D eigenvalue weighted by Crippen LogP contribution is -1.98. The monoisotopic (exact) mass is 158 g/mol. The van der Waals surface area contributed by atoms with E-state index < -0.39 is 0 Å². The van der Waals surface area contributed by atoms with Crippen molar-refractivity contribution in [3.63, 3.8) is 0 Å². The van der Waals surface area contributed by atoms with E-state index in [2.05, 4.69) is 4.74 Å². The molecule has 0 saturated carbocycles. The maximum Gasteiger partial charge on any atom is 0.330 e. The zero-order chi connectivity index (χ0) is 8.53. The fraction of sp³-hybridized carbons (Fsp3) is 0.625. The number of allylic oxidation sites excluding steroid dienone is 1. The molecular weight excluding hydrogens is 144 g/mol. The molecule has 0 aromatic carbocycles. The minimum atomic E-state index is -0.314. The van der Waals surface area contributed by atoms with Gasteiger partial charge in [0.15, 0.2) is 0 Å². The lowest BCUT2D eigenvalue weighted by atomic mass is 10.3. The van der Waals surface area contributed by atoms with Crippen molar-refractivity contribution in [1.29, 1.82) is 0 Å². The van der Waals surface area contributed by atoms with Gasteiger partial charge in [-0.25, -0.2) is 4.79 Å². The van der Waals surface area contributed by atoms with Crippen molar-refractivity contribution >= 4 is 5.97 Å². The second kappa shape index (κ2) is 7.28. The molecule has 0 aliphatic carbocycles. The zero-order valence-corrected chi connectivity index (χ0v) is 6.75. The van der Waals surface area contributed by atoms with Crippen LogP contribution in [0.2, 0.25) is 0 Å². The van der Waals surface area contributed by atoms with Crippen molar-refractivity contribution in [1.82, 2.24) is 0 Å². The van der Waals surface area contributed by atoms with Crippen molar-refractivity contribution in [3.05, 3.63) is 12.2 Å². The van der Waals surface area contributed by atoms with Gasteiger partial charge in [0.1, 0.15) is 0 Å². The summed E-state index contributed by atoms with van der Waals surface area (Å²) >= 11 is 0. The Morgan fingerprint density at radius 2 is 2.36 bits per heavy atom. The van der Waals surface area contributed by atoms with Crippen LogP contribution in [0.5, 0.6) is 0 Å². The van der Waals surface area contributed by atoms with E-state index >= 15 is 0 Å². The third-order valence-electron chi connectivity index (χ3n) is 1.07. The Morgan fingerprint density at radius 3 is 2.91 bits per heavy atom. The molecule has 0 fully saturated rings. The first-order chi connectivity index (χ1) is 5.31. The van der Waals surface area contributed by atoms with Gasteiger partial charge in [-0.1, -0.05) is 6.08 Å². The molecule has 0 aliphatic heterocycles. The Bertz CT molecular complexity index is 129. The minimum absolute atomic E-state index is 0.160. The summed E-state index contributed by atoms with van der Waals surface area (Å²) in [6.07, 6.45) is 4.50. The Morgan fingerprint density at radius 1 is 1.64 bits per heavy atom. The Balaban J connectivity index is 3.32. The maximum absolute atomic E-state index is 10.6. The largest absolute Gasteiger partial charge is 0.463 e. The van der Waals surface area contributed by atoms with E-state index in [4.69, 9.17) is 5.11 Å². The molecule has 0 heterocycles. The van der Waals surface area contributed by atoms with Crippen LogP contribution in [0, 0.1) is 0 Å². The number of hydrogen-bond acceptors (Lipinski definition) is 3. The highest BCUT2D eigenvalue weighted by Gasteiger charge is 1.90. The van der Waals surface area contributed by atoms with Crippen LogP contribution in [0.25, 0.3) is 0 Å². The van der Waals surface area contributed by atoms with Gasteiger partial charge in [-0.2, -0.15) is 0 Å². The number of esters is 1. The lowest BCUT2D eigenvalue weighted by Gasteiger charge is -1.93. The molecule has 0 aromatic heterocycles. The molecule has 0 amide bonds. The Kier molecular flexibility index (Phi) is 6.73. The summed E-state index contributed by atoms with van der Waals surface area (Å²) in [6, 6.07) is 0. The zero-order valence-electron chi connectivity index (χ0n) is 6.75. The number of carbonyl (C=O) groups excluding carboxylic acids is 1. The van der Waals surface area contributed by atoms with Crippen LogP contribution in [0.3, 0.4) is 0 Å². The van der Waals surface area contributed by atoms with Gasteiger partial charge in [-0.15, -0.1) is 0 Å². The number of hydrogen-bond donors (Lipinski definition) is 1. The number of unbranched alkanes of at least 4 members (excludes halogenated alkanes) is 1. The number of carbonyl (C=O) groups is 1. The standard InChI is InChI=1S/C8H14O3/c1-2-11-8(10)6-4-3-5-7-9/h4,6,9H,2-3,5,7H2,1H3. The van der Waals surface area contributed by atoms with Gasteiger partial charge in [0, 0.05) is 12.7 Å². The molecule has 0 aromatic rings. The van der Waals surface area contributed by atoms with Crippen molar-refractivity contribution in [3.8, 4) is 0 Å². The van der Waals surface area contributed by atoms with Gasteiger partial charge in [-0.05, 0) is 19.8 Å². The quantitative estimate of drug-likeness (QED) is 0.367. The lowest BCUT2D eigenvalue weighted by molar-refractivity contribution is -0.137. The summed E-state index contributed by atoms with van der Waals surface area (Å²) in [6.45, 7) is 2.33. The first-order valence-corrected chi connectivity index (χ1v) is 3.75. The molecule has 0 atom stereocenters. The average molecular weight is 158 g/mol. The van der Waals surface area contributed by atoms with Gasteiger partial charge in [0.05, 0.1) is 6.61 Å². The molecule has 3 heteroatoms. The van der Waals surface area contributed by atoms with Gasteiger partial charge in [-0.3, -0.25) is 0 Å². The predicted octanol–water partition coefficient (Wildman–Crippen LogP) is 0.878. The van der Waals surface area contributed by atoms with E-state index in [-0.39, 0.29) is 12.6 Å². The minimum Gasteiger partial charge on any atom is -0.463 e. The molecule has 0 aliphatic rings. The van der Waals surface area contributed by atoms with Crippen LogP contribution in [0.1, 0.15) is 19.8 Å². The van der Waals surface area contributed by atoms with Crippen molar-refractivity contribution < 1.29 is 14.6 Å². The van der Waals surface area contributed by atoms with E-state index in [0.29, 0.717) is 13.0 Å². The van der Waals surface area contributed by atoms with Crippen molar-refractivity contribution in [2.45, 2.75) is 19.8 Å². The van der Waals surface area contributed by atoms with Gasteiger partial charge < -0.3 is 9.84 Å². The number of aliphatic hydroxyl groups is 1. The van der Waals surface area contributed by atoms with Crippen LogP contribution < -0.4 is 0 Å². The van der Waals surface area contributed by atoms with E-state index in [9.17, 15) is 4.79 Å². The molecular formula is C8H14O3.